The van der Waals surface area contributed by atoms with Gasteiger partial charge >= 0.3 is 6.03 Å². The summed E-state index contributed by atoms with van der Waals surface area (Å²) in [6, 6.07) is 16.9. The van der Waals surface area contributed by atoms with Gasteiger partial charge in [-0.05, 0) is 47.0 Å². The Morgan fingerprint density at radius 3 is 2.49 bits per heavy atom. The number of benzene rings is 3. The smallest absolute Gasteiger partial charge is 0.329 e. The number of likely N-dealkylation sites (N-methyl/N-ethyl adjacent to an activating group) is 1. The van der Waals surface area contributed by atoms with Gasteiger partial charge in [-0.15, -0.1) is 0 Å². The van der Waals surface area contributed by atoms with Crippen LogP contribution in [-0.4, -0.2) is 40.1 Å². The van der Waals surface area contributed by atoms with E-state index < -0.39 is 33.8 Å². The van der Waals surface area contributed by atoms with E-state index in [4.69, 9.17) is 27.9 Å². The molecule has 1 heterocycles. The van der Waals surface area contributed by atoms with Crippen molar-refractivity contribution in [1.29, 1.82) is 0 Å². The van der Waals surface area contributed by atoms with E-state index in [1.54, 1.807) is 13.1 Å². The Hall–Kier alpha value is -3.27. The Labute approximate surface area is 225 Å². The summed E-state index contributed by atoms with van der Waals surface area (Å²) in [6.45, 7) is 0.589. The molecule has 0 unspecified atom stereocenters. The van der Waals surface area contributed by atoms with Gasteiger partial charge in [0, 0.05) is 25.6 Å². The molecule has 0 saturated carbocycles. The molecular formula is C26H25Cl2N3O5S. The minimum atomic E-state index is -4.09. The summed E-state index contributed by atoms with van der Waals surface area (Å²) in [5.41, 5.74) is 2.79. The van der Waals surface area contributed by atoms with Crippen molar-refractivity contribution in [2.24, 2.45) is 0 Å². The number of hydrogen-bond acceptors (Lipinski definition) is 5. The van der Waals surface area contributed by atoms with Crippen LogP contribution in [0.25, 0.3) is 0 Å². The highest BCUT2D eigenvalue weighted by molar-refractivity contribution is 7.89. The number of sulfonamides is 1. The molecule has 2 N–H and O–H groups in total. The number of carbonyl (C=O) groups is 2. The predicted octanol–water partition coefficient (Wildman–Crippen LogP) is 4.33. The highest BCUT2D eigenvalue weighted by Crippen LogP contribution is 2.29. The second kappa shape index (κ2) is 11.4. The van der Waals surface area contributed by atoms with Crippen LogP contribution >= 0.6 is 23.2 Å². The van der Waals surface area contributed by atoms with E-state index >= 15 is 0 Å². The Balaban J connectivity index is 1.49. The number of amides is 3. The maximum atomic E-state index is 13.5. The average Bonchev–Trinajstić information content (AvgIpc) is 3.33. The average molecular weight is 562 g/mol. The lowest BCUT2D eigenvalue weighted by atomic mass is 10.0. The molecule has 0 saturated heterocycles. The summed E-state index contributed by atoms with van der Waals surface area (Å²) in [4.78, 5) is 27.7. The summed E-state index contributed by atoms with van der Waals surface area (Å²) >= 11 is 11.8. The molecule has 0 spiro atoms. The fourth-order valence-electron chi connectivity index (χ4n) is 4.01. The van der Waals surface area contributed by atoms with Gasteiger partial charge in [-0.2, -0.15) is 0 Å². The fraction of sp³-hybridized carbons (Fsp3) is 0.231. The first kappa shape index (κ1) is 26.8. The summed E-state index contributed by atoms with van der Waals surface area (Å²) in [5, 5.41) is 3.03. The molecule has 37 heavy (non-hydrogen) atoms. The Bertz CT molecular complexity index is 1420. The number of rotatable bonds is 8. The number of fused-ring (bicyclic) bond motifs is 1. The van der Waals surface area contributed by atoms with Crippen molar-refractivity contribution >= 4 is 50.9 Å². The van der Waals surface area contributed by atoms with Crippen LogP contribution in [0, 0.1) is 0 Å². The van der Waals surface area contributed by atoms with Crippen molar-refractivity contribution < 1.29 is 22.7 Å². The molecule has 3 aromatic rings. The summed E-state index contributed by atoms with van der Waals surface area (Å²) < 4.78 is 32.8. The van der Waals surface area contributed by atoms with E-state index in [9.17, 15) is 18.0 Å². The highest BCUT2D eigenvalue weighted by atomic mass is 35.5. The summed E-state index contributed by atoms with van der Waals surface area (Å²) in [5.74, 6) is -0.110. The van der Waals surface area contributed by atoms with Gasteiger partial charge < -0.3 is 15.0 Å². The van der Waals surface area contributed by atoms with Crippen LogP contribution in [-0.2, 0) is 33.4 Å². The van der Waals surface area contributed by atoms with E-state index in [2.05, 4.69) is 5.32 Å². The molecule has 0 fully saturated rings. The van der Waals surface area contributed by atoms with Gasteiger partial charge in [-0.1, -0.05) is 59.6 Å². The monoisotopic (exact) mass is 561 g/mol. The standard InChI is InChI=1S/C26H25Cl2N3O5S/c1-31(20-8-10-24-19(15-20)11-12-36-24)25(32)23(14-17-5-3-2-4-6-17)29-26(33)30-37(34,35)16-18-7-9-21(27)22(28)13-18/h2-10,13,15,23H,11-12,14,16H2,1H3,(H2,29,30,33)/t23-/m0/s1. The third-order valence-electron chi connectivity index (χ3n) is 5.87. The van der Waals surface area contributed by atoms with Gasteiger partial charge in [-0.25, -0.2) is 17.9 Å². The number of anilines is 1. The zero-order valence-electron chi connectivity index (χ0n) is 19.9. The quantitative estimate of drug-likeness (QED) is 0.426. The molecule has 0 radical (unpaired) electrons. The summed E-state index contributed by atoms with van der Waals surface area (Å²) in [7, 11) is -2.48. The Morgan fingerprint density at radius 2 is 1.76 bits per heavy atom. The third kappa shape index (κ3) is 6.94. The molecule has 3 amide bonds. The second-order valence-corrected chi connectivity index (χ2v) is 11.1. The van der Waals surface area contributed by atoms with Crippen molar-refractivity contribution in [3.05, 3.63) is 93.5 Å². The number of urea groups is 1. The SMILES string of the molecule is CN(C(=O)[C@H](Cc1ccccc1)NC(=O)NS(=O)(=O)Cc1ccc(Cl)c(Cl)c1)c1ccc2c(c1)CCO2. The first-order chi connectivity index (χ1) is 17.6. The third-order valence-corrected chi connectivity index (χ3v) is 7.81. The minimum Gasteiger partial charge on any atom is -0.493 e. The number of halogens is 2. The number of ether oxygens (including phenoxy) is 1. The molecule has 1 aliphatic heterocycles. The van der Waals surface area contributed by atoms with Crippen molar-refractivity contribution in [2.75, 3.05) is 18.6 Å². The molecule has 3 aromatic carbocycles. The first-order valence-corrected chi connectivity index (χ1v) is 13.8. The van der Waals surface area contributed by atoms with Gasteiger partial charge in [-0.3, -0.25) is 4.79 Å². The number of nitrogens with zero attached hydrogens (tertiary/aromatic N) is 1. The zero-order chi connectivity index (χ0) is 26.6. The number of nitrogens with one attached hydrogen (secondary N) is 2. The lowest BCUT2D eigenvalue weighted by Gasteiger charge is -2.25. The molecule has 1 aliphatic rings. The zero-order valence-corrected chi connectivity index (χ0v) is 22.2. The van der Waals surface area contributed by atoms with Gasteiger partial charge in [0.1, 0.15) is 11.8 Å². The lowest BCUT2D eigenvalue weighted by Crippen LogP contribution is -2.52. The van der Waals surface area contributed by atoms with Crippen molar-refractivity contribution in [2.45, 2.75) is 24.6 Å². The van der Waals surface area contributed by atoms with Crippen molar-refractivity contribution in [3.63, 3.8) is 0 Å². The Morgan fingerprint density at radius 1 is 1.00 bits per heavy atom. The molecule has 0 aromatic heterocycles. The first-order valence-electron chi connectivity index (χ1n) is 11.4. The maximum absolute atomic E-state index is 13.5. The number of hydrogen-bond donors (Lipinski definition) is 2. The highest BCUT2D eigenvalue weighted by Gasteiger charge is 2.28. The van der Waals surface area contributed by atoms with E-state index in [0.29, 0.717) is 17.9 Å². The van der Waals surface area contributed by atoms with E-state index in [1.165, 1.54) is 23.1 Å². The van der Waals surface area contributed by atoms with E-state index in [1.807, 2.05) is 47.2 Å². The van der Waals surface area contributed by atoms with Crippen molar-refractivity contribution in [1.82, 2.24) is 10.0 Å². The van der Waals surface area contributed by atoms with E-state index in [0.717, 1.165) is 23.3 Å². The summed E-state index contributed by atoms with van der Waals surface area (Å²) in [6.07, 6.45) is 0.911. The normalized spacial score (nSPS) is 13.3. The molecule has 194 valence electrons. The van der Waals surface area contributed by atoms with Gasteiger partial charge in [0.05, 0.1) is 22.4 Å². The molecule has 4 rings (SSSR count). The van der Waals surface area contributed by atoms with Crippen LogP contribution in [0.4, 0.5) is 10.5 Å². The van der Waals surface area contributed by atoms with Crippen LogP contribution in [0.3, 0.4) is 0 Å². The molecule has 1 atom stereocenters. The predicted molar refractivity (Wildman–Crippen MR) is 144 cm³/mol. The van der Waals surface area contributed by atoms with E-state index in [-0.39, 0.29) is 16.5 Å². The van der Waals surface area contributed by atoms with Gasteiger partial charge in [0.2, 0.25) is 15.9 Å². The van der Waals surface area contributed by atoms with Crippen LogP contribution in [0.1, 0.15) is 16.7 Å². The largest absolute Gasteiger partial charge is 0.493 e. The van der Waals surface area contributed by atoms with Crippen LogP contribution in [0.5, 0.6) is 5.75 Å². The van der Waals surface area contributed by atoms with Crippen LogP contribution < -0.4 is 19.7 Å². The second-order valence-electron chi connectivity index (χ2n) is 8.61. The lowest BCUT2D eigenvalue weighted by molar-refractivity contribution is -0.120. The Kier molecular flexibility index (Phi) is 8.26. The molecule has 0 bridgehead atoms. The van der Waals surface area contributed by atoms with Crippen LogP contribution in [0.2, 0.25) is 10.0 Å². The van der Waals surface area contributed by atoms with Gasteiger partial charge in [0.25, 0.3) is 0 Å². The van der Waals surface area contributed by atoms with Crippen molar-refractivity contribution in [3.8, 4) is 5.75 Å². The van der Waals surface area contributed by atoms with Gasteiger partial charge in [0.15, 0.2) is 0 Å². The molecule has 8 nitrogen and oxygen atoms in total. The molecule has 11 heteroatoms. The molecule has 0 aliphatic carbocycles. The maximum Gasteiger partial charge on any atom is 0.329 e. The fourth-order valence-corrected chi connectivity index (χ4v) is 5.36. The topological polar surface area (TPSA) is 105 Å². The number of carbonyl (C=O) groups excluding carboxylic acids is 2. The van der Waals surface area contributed by atoms with Crippen LogP contribution in [0.15, 0.2) is 66.7 Å². The molecular weight excluding hydrogens is 537 g/mol. The minimum absolute atomic E-state index is 0.165.